The molecule has 0 aromatic rings. The van der Waals surface area contributed by atoms with Crippen molar-refractivity contribution >= 4 is 19.7 Å². The van der Waals surface area contributed by atoms with Crippen molar-refractivity contribution < 1.29 is 37.3 Å². The quantitative estimate of drug-likeness (QED) is 0.0212. The first kappa shape index (κ1) is 70.2. The number of rotatable bonds is 53. The largest absolute Gasteiger partial charge is 0.756 e. The molecule has 0 saturated carbocycles. The number of carbonyl (C=O) groups is 2. The number of hydrogen-bond donors (Lipinski definition) is 1. The van der Waals surface area contributed by atoms with Gasteiger partial charge in [0.15, 0.2) is 0 Å². The highest BCUT2D eigenvalue weighted by Gasteiger charge is 2.27. The Bertz CT molecular complexity index is 1530. The third-order valence-corrected chi connectivity index (χ3v) is 13.8. The fourth-order valence-electron chi connectivity index (χ4n) is 8.23. The van der Waals surface area contributed by atoms with E-state index in [0.717, 1.165) is 89.9 Å². The van der Waals surface area contributed by atoms with E-state index in [1.807, 2.05) is 33.3 Å². The van der Waals surface area contributed by atoms with E-state index >= 15 is 0 Å². The van der Waals surface area contributed by atoms with Gasteiger partial charge in [0.25, 0.3) is 7.82 Å². The number of ether oxygens (including phenoxy) is 1. The van der Waals surface area contributed by atoms with E-state index < -0.39 is 26.6 Å². The molecule has 0 aliphatic rings. The average molecular weight is 1040 g/mol. The molecule has 422 valence electrons. The summed E-state index contributed by atoms with van der Waals surface area (Å²) in [5.74, 6) is -0.591. The van der Waals surface area contributed by atoms with E-state index in [9.17, 15) is 19.0 Å². The third kappa shape index (κ3) is 53.8. The second kappa shape index (κ2) is 52.6. The lowest BCUT2D eigenvalue weighted by Gasteiger charge is -2.30. The summed E-state index contributed by atoms with van der Waals surface area (Å²) in [6.07, 6.45) is 68.4. The molecule has 1 amide bonds. The average Bonchev–Trinajstić information content (AvgIpc) is 3.35. The molecule has 0 aromatic heterocycles. The number of likely N-dealkylation sites (N-methyl/N-ethyl adjacent to an activating group) is 1. The molecule has 0 spiro atoms. The van der Waals surface area contributed by atoms with Gasteiger partial charge < -0.3 is 28.5 Å². The molecule has 1 N–H and O–H groups in total. The lowest BCUT2D eigenvalue weighted by atomic mass is 10.0. The van der Waals surface area contributed by atoms with Crippen LogP contribution in [0.4, 0.5) is 0 Å². The van der Waals surface area contributed by atoms with Crippen LogP contribution in [-0.4, -0.2) is 69.4 Å². The summed E-state index contributed by atoms with van der Waals surface area (Å²) in [5.41, 5.74) is 0. The van der Waals surface area contributed by atoms with Gasteiger partial charge in [0.2, 0.25) is 5.91 Å². The minimum atomic E-state index is -4.71. The standard InChI is InChI=1S/C63H113N2O7P/c1-7-10-13-16-19-22-25-27-29-30-31-32-33-34-36-37-40-43-46-49-52-55-62(66)64-60(59-71-73(68,69)70-58-57-65(4,5)6)61(54-51-48-45-42-39-24-21-18-15-12-9-3)72-63(67)56-53-50-47-44-41-38-35-28-26-23-20-17-14-11-8-2/h10,13,19,22,27,29,31-32,34,36,40,43,51,54,60-61H,7-9,11-12,14-18,20-21,23-26,28,30,33,35,37-39,41-42,44-50,52-53,55-59H2,1-6H3,(H-,64,66,68,69)/b13-10-,22-19-,29-27-,32-31-,36-34-,43-40-,54-51-. The van der Waals surface area contributed by atoms with Crippen LogP contribution in [0, 0.1) is 0 Å². The summed E-state index contributed by atoms with van der Waals surface area (Å²) in [7, 11) is 1.15. The molecule has 3 unspecified atom stereocenters. The summed E-state index contributed by atoms with van der Waals surface area (Å²) >= 11 is 0. The molecule has 0 saturated heterocycles. The summed E-state index contributed by atoms with van der Waals surface area (Å²) < 4.78 is 30.2. The first-order valence-corrected chi connectivity index (χ1v) is 31.4. The summed E-state index contributed by atoms with van der Waals surface area (Å²) in [6, 6.07) is -0.912. The Kier molecular flexibility index (Phi) is 50.6. The lowest BCUT2D eigenvalue weighted by Crippen LogP contribution is -2.47. The Morgan fingerprint density at radius 2 is 0.877 bits per heavy atom. The maximum absolute atomic E-state index is 13.5. The highest BCUT2D eigenvalue weighted by molar-refractivity contribution is 7.45. The molecule has 0 aliphatic carbocycles. The number of phosphoric ester groups is 1. The monoisotopic (exact) mass is 1040 g/mol. The number of esters is 1. The predicted molar refractivity (Wildman–Crippen MR) is 311 cm³/mol. The van der Waals surface area contributed by atoms with Gasteiger partial charge in [-0.05, 0) is 83.1 Å². The maximum Gasteiger partial charge on any atom is 0.306 e. The van der Waals surface area contributed by atoms with Crippen molar-refractivity contribution in [2.45, 2.75) is 264 Å². The highest BCUT2D eigenvalue weighted by atomic mass is 31.2. The smallest absolute Gasteiger partial charge is 0.306 e. The first-order chi connectivity index (χ1) is 35.4. The van der Waals surface area contributed by atoms with Crippen LogP contribution in [0.25, 0.3) is 0 Å². The van der Waals surface area contributed by atoms with E-state index in [-0.39, 0.29) is 31.3 Å². The number of quaternary nitrogens is 1. The Morgan fingerprint density at radius 1 is 0.493 bits per heavy atom. The molecule has 0 bridgehead atoms. The number of carbonyl (C=O) groups excluding carboxylic acids is 2. The fourth-order valence-corrected chi connectivity index (χ4v) is 8.95. The van der Waals surface area contributed by atoms with Crippen molar-refractivity contribution in [2.75, 3.05) is 40.9 Å². The van der Waals surface area contributed by atoms with Gasteiger partial charge in [0.05, 0.1) is 33.8 Å². The Balaban J connectivity index is 5.34. The van der Waals surface area contributed by atoms with Crippen molar-refractivity contribution in [2.24, 2.45) is 0 Å². The minimum absolute atomic E-state index is 0.0334. The summed E-state index contributed by atoms with van der Waals surface area (Å²) in [4.78, 5) is 39.9. The van der Waals surface area contributed by atoms with Crippen LogP contribution in [0.3, 0.4) is 0 Å². The van der Waals surface area contributed by atoms with Gasteiger partial charge >= 0.3 is 5.97 Å². The molecular weight excluding hydrogens is 928 g/mol. The van der Waals surface area contributed by atoms with Gasteiger partial charge in [0, 0.05) is 12.8 Å². The Morgan fingerprint density at radius 3 is 1.33 bits per heavy atom. The molecule has 9 nitrogen and oxygen atoms in total. The topological polar surface area (TPSA) is 114 Å². The number of unbranched alkanes of at least 4 members (excludes halogenated alkanes) is 25. The van der Waals surface area contributed by atoms with Gasteiger partial charge in [0.1, 0.15) is 19.3 Å². The van der Waals surface area contributed by atoms with Crippen LogP contribution in [0.2, 0.25) is 0 Å². The number of amides is 1. The van der Waals surface area contributed by atoms with Gasteiger partial charge in [-0.3, -0.25) is 14.2 Å². The summed E-state index contributed by atoms with van der Waals surface area (Å²) in [6.45, 7) is 6.69. The van der Waals surface area contributed by atoms with Gasteiger partial charge in [-0.25, -0.2) is 0 Å². The van der Waals surface area contributed by atoms with Crippen LogP contribution in [0.15, 0.2) is 85.1 Å². The summed E-state index contributed by atoms with van der Waals surface area (Å²) in [5, 5.41) is 3.00. The zero-order valence-corrected chi connectivity index (χ0v) is 49.0. The molecule has 0 aliphatic heterocycles. The number of nitrogens with one attached hydrogen (secondary N) is 1. The van der Waals surface area contributed by atoms with E-state index in [2.05, 4.69) is 99.0 Å². The van der Waals surface area contributed by atoms with E-state index in [1.54, 1.807) is 0 Å². The second-order valence-corrected chi connectivity index (χ2v) is 22.5. The molecule has 73 heavy (non-hydrogen) atoms. The molecule has 0 fully saturated rings. The molecule has 0 aromatic carbocycles. The molecule has 3 atom stereocenters. The number of nitrogens with zero attached hydrogens (tertiary/aromatic N) is 1. The van der Waals surface area contributed by atoms with Gasteiger partial charge in [-0.2, -0.15) is 0 Å². The highest BCUT2D eigenvalue weighted by Crippen LogP contribution is 2.38. The van der Waals surface area contributed by atoms with Crippen LogP contribution in [-0.2, 0) is 27.9 Å². The van der Waals surface area contributed by atoms with Crippen LogP contribution in [0.5, 0.6) is 0 Å². The Labute approximate surface area is 450 Å². The predicted octanol–water partition coefficient (Wildman–Crippen LogP) is 17.6. The fraction of sp³-hybridized carbons (Fsp3) is 0.746. The number of phosphoric acid groups is 1. The van der Waals surface area contributed by atoms with Crippen LogP contribution < -0.4 is 10.2 Å². The van der Waals surface area contributed by atoms with E-state index in [1.165, 1.54) is 122 Å². The normalized spacial score (nSPS) is 14.3. The van der Waals surface area contributed by atoms with Crippen LogP contribution in [0.1, 0.15) is 252 Å². The van der Waals surface area contributed by atoms with Crippen molar-refractivity contribution in [3.8, 4) is 0 Å². The molecule has 10 heteroatoms. The number of allylic oxidation sites excluding steroid dienone is 13. The third-order valence-electron chi connectivity index (χ3n) is 12.8. The Hall–Kier alpha value is -2.81. The van der Waals surface area contributed by atoms with Gasteiger partial charge in [-0.1, -0.05) is 241 Å². The number of hydrogen-bond acceptors (Lipinski definition) is 7. The van der Waals surface area contributed by atoms with Crippen LogP contribution >= 0.6 is 7.82 Å². The van der Waals surface area contributed by atoms with Gasteiger partial charge in [-0.15, -0.1) is 0 Å². The van der Waals surface area contributed by atoms with Crippen molar-refractivity contribution in [3.63, 3.8) is 0 Å². The molecule has 0 rings (SSSR count). The molecular formula is C63H113N2O7P. The van der Waals surface area contributed by atoms with E-state index in [4.69, 9.17) is 13.8 Å². The maximum atomic E-state index is 13.5. The SMILES string of the molecule is CC/C=C\C/C=C\C/C=C\C/C=C\C/C=C\C/C=C\CCCCC(=O)NC(COP(=O)([O-])OCC[N+](C)(C)C)C(/C=C\CCCCCCCCCCC)OC(=O)CCCCCCCCCCCCCCCCC. The zero-order valence-electron chi connectivity index (χ0n) is 48.1. The van der Waals surface area contributed by atoms with Crippen molar-refractivity contribution in [1.82, 2.24) is 5.32 Å². The minimum Gasteiger partial charge on any atom is -0.756 e. The zero-order chi connectivity index (χ0) is 53.6. The molecule has 0 heterocycles. The second-order valence-electron chi connectivity index (χ2n) is 21.1. The first-order valence-electron chi connectivity index (χ1n) is 29.9. The van der Waals surface area contributed by atoms with E-state index in [0.29, 0.717) is 17.4 Å². The van der Waals surface area contributed by atoms with Crippen molar-refractivity contribution in [3.05, 3.63) is 85.1 Å². The van der Waals surface area contributed by atoms with Crippen molar-refractivity contribution in [1.29, 1.82) is 0 Å². The lowest BCUT2D eigenvalue weighted by molar-refractivity contribution is -0.870. The molecule has 0 radical (unpaired) electrons.